The van der Waals surface area contributed by atoms with Crippen LogP contribution in [0, 0.1) is 5.82 Å². The Morgan fingerprint density at radius 2 is 1.93 bits per heavy atom. The number of anilines is 1. The summed E-state index contributed by atoms with van der Waals surface area (Å²) in [7, 11) is -3.64. The third-order valence-corrected chi connectivity index (χ3v) is 6.44. The highest BCUT2D eigenvalue weighted by Crippen LogP contribution is 2.32. The summed E-state index contributed by atoms with van der Waals surface area (Å²) < 4.78 is 44.4. The second-order valence-electron chi connectivity index (χ2n) is 6.32. The Kier molecular flexibility index (Phi) is 4.93. The van der Waals surface area contributed by atoms with Crippen molar-refractivity contribution in [3.05, 3.63) is 78.0 Å². The lowest BCUT2D eigenvalue weighted by molar-refractivity contribution is 0.0980. The van der Waals surface area contributed by atoms with E-state index in [1.54, 1.807) is 36.4 Å². The molecule has 2 aromatic heterocycles. The summed E-state index contributed by atoms with van der Waals surface area (Å²) in [4.78, 5) is 18.9. The molecule has 9 heteroatoms. The van der Waals surface area contributed by atoms with E-state index in [9.17, 15) is 17.6 Å². The van der Waals surface area contributed by atoms with Crippen LogP contribution in [0.1, 0.15) is 16.1 Å². The van der Waals surface area contributed by atoms with E-state index in [4.69, 9.17) is 4.42 Å². The second-order valence-corrected chi connectivity index (χ2v) is 9.32. The van der Waals surface area contributed by atoms with Gasteiger partial charge in [-0.05, 0) is 36.4 Å². The Balaban J connectivity index is 1.85. The lowest BCUT2D eigenvalue weighted by atomic mass is 10.2. The Bertz CT molecular complexity index is 1300. The second kappa shape index (κ2) is 7.41. The minimum absolute atomic E-state index is 0.0151. The number of furan rings is 1. The fourth-order valence-corrected chi connectivity index (χ4v) is 4.77. The van der Waals surface area contributed by atoms with Crippen molar-refractivity contribution in [1.29, 1.82) is 0 Å². The summed E-state index contributed by atoms with van der Waals surface area (Å²) in [5.41, 5.74) is 0.169. The average molecular weight is 430 g/mol. The first-order valence-corrected chi connectivity index (χ1v) is 11.2. The molecule has 0 bridgehead atoms. The van der Waals surface area contributed by atoms with Crippen molar-refractivity contribution in [2.75, 3.05) is 11.2 Å². The zero-order valence-electron chi connectivity index (χ0n) is 15.2. The van der Waals surface area contributed by atoms with E-state index in [0.29, 0.717) is 10.5 Å². The predicted molar refractivity (Wildman–Crippen MR) is 108 cm³/mol. The molecule has 0 spiro atoms. The summed E-state index contributed by atoms with van der Waals surface area (Å²) in [5, 5.41) is 0.245. The number of hydrogen-bond acceptors (Lipinski definition) is 6. The van der Waals surface area contributed by atoms with E-state index in [1.807, 2.05) is 0 Å². The van der Waals surface area contributed by atoms with Crippen LogP contribution in [-0.2, 0) is 16.4 Å². The molecular weight excluding hydrogens is 415 g/mol. The molecule has 2 heterocycles. The molecule has 0 N–H and O–H groups in total. The van der Waals surface area contributed by atoms with Crippen molar-refractivity contribution in [3.8, 4) is 0 Å². The molecule has 29 heavy (non-hydrogen) atoms. The van der Waals surface area contributed by atoms with E-state index in [-0.39, 0.29) is 27.7 Å². The van der Waals surface area contributed by atoms with Crippen LogP contribution in [-0.4, -0.2) is 25.6 Å². The van der Waals surface area contributed by atoms with E-state index in [1.165, 1.54) is 29.4 Å². The molecule has 0 saturated heterocycles. The number of amides is 1. The molecule has 148 valence electrons. The standard InChI is InChI=1S/C20H15FN2O4S2/c1-29(25,26)17-10-3-2-7-14(17)19(24)23(12-13-6-5-11-27-13)20-22-18-15(21)8-4-9-16(18)28-20/h2-11H,12H2,1H3. The van der Waals surface area contributed by atoms with E-state index in [0.717, 1.165) is 17.6 Å². The number of sulfone groups is 1. The molecule has 6 nitrogen and oxygen atoms in total. The van der Waals surface area contributed by atoms with Gasteiger partial charge in [0.15, 0.2) is 15.0 Å². The van der Waals surface area contributed by atoms with Gasteiger partial charge in [0.1, 0.15) is 17.1 Å². The van der Waals surface area contributed by atoms with Crippen LogP contribution in [0.5, 0.6) is 0 Å². The normalized spacial score (nSPS) is 11.7. The SMILES string of the molecule is CS(=O)(=O)c1ccccc1C(=O)N(Cc1ccco1)c1nc2c(F)cccc2s1. The van der Waals surface area contributed by atoms with Gasteiger partial charge in [0, 0.05) is 6.26 Å². The Labute approximate surface area is 170 Å². The molecule has 0 aliphatic heterocycles. The maximum absolute atomic E-state index is 14.1. The summed E-state index contributed by atoms with van der Waals surface area (Å²) >= 11 is 1.14. The van der Waals surface area contributed by atoms with Gasteiger partial charge in [-0.15, -0.1) is 0 Å². The van der Waals surface area contributed by atoms with Crippen molar-refractivity contribution in [1.82, 2.24) is 4.98 Å². The molecule has 0 atom stereocenters. The van der Waals surface area contributed by atoms with Crippen LogP contribution in [0.2, 0.25) is 0 Å². The van der Waals surface area contributed by atoms with Crippen molar-refractivity contribution in [2.24, 2.45) is 0 Å². The van der Waals surface area contributed by atoms with Gasteiger partial charge in [-0.3, -0.25) is 9.69 Å². The van der Waals surface area contributed by atoms with Gasteiger partial charge >= 0.3 is 0 Å². The zero-order chi connectivity index (χ0) is 20.6. The highest BCUT2D eigenvalue weighted by atomic mass is 32.2. The molecule has 0 saturated carbocycles. The van der Waals surface area contributed by atoms with Crippen molar-refractivity contribution in [2.45, 2.75) is 11.4 Å². The summed E-state index contributed by atoms with van der Waals surface area (Å²) in [6.07, 6.45) is 2.52. The van der Waals surface area contributed by atoms with E-state index in [2.05, 4.69) is 4.98 Å². The number of carbonyl (C=O) groups excluding carboxylic acids is 1. The predicted octanol–water partition coefficient (Wildman–Crippen LogP) is 4.28. The van der Waals surface area contributed by atoms with Gasteiger partial charge in [0.25, 0.3) is 5.91 Å². The smallest absolute Gasteiger partial charge is 0.261 e. The molecule has 1 amide bonds. The fourth-order valence-electron chi connectivity index (χ4n) is 2.92. The van der Waals surface area contributed by atoms with Crippen LogP contribution >= 0.6 is 11.3 Å². The number of fused-ring (bicyclic) bond motifs is 1. The monoisotopic (exact) mass is 430 g/mol. The number of benzene rings is 2. The van der Waals surface area contributed by atoms with Gasteiger partial charge in [-0.2, -0.15) is 0 Å². The third kappa shape index (κ3) is 3.79. The number of aromatic nitrogens is 1. The molecule has 0 aliphatic carbocycles. The van der Waals surface area contributed by atoms with Gasteiger partial charge in [-0.25, -0.2) is 17.8 Å². The van der Waals surface area contributed by atoms with Gasteiger partial charge in [0.2, 0.25) is 0 Å². The third-order valence-electron chi connectivity index (χ3n) is 4.25. The lowest BCUT2D eigenvalue weighted by Crippen LogP contribution is -2.31. The van der Waals surface area contributed by atoms with Crippen molar-refractivity contribution < 1.29 is 22.0 Å². The van der Waals surface area contributed by atoms with E-state index >= 15 is 0 Å². The summed E-state index contributed by atoms with van der Waals surface area (Å²) in [6.45, 7) is 0.0192. The molecule has 0 fully saturated rings. The maximum atomic E-state index is 14.1. The highest BCUT2D eigenvalue weighted by molar-refractivity contribution is 7.90. The van der Waals surface area contributed by atoms with Crippen molar-refractivity contribution >= 4 is 42.4 Å². The first-order valence-electron chi connectivity index (χ1n) is 8.53. The van der Waals surface area contributed by atoms with Gasteiger partial charge in [0.05, 0.1) is 28.0 Å². The molecule has 0 unspecified atom stereocenters. The molecule has 2 aromatic carbocycles. The largest absolute Gasteiger partial charge is 0.467 e. The topological polar surface area (TPSA) is 80.5 Å². The number of hydrogen-bond donors (Lipinski definition) is 0. The number of thiazole rings is 1. The minimum Gasteiger partial charge on any atom is -0.467 e. The Hall–Kier alpha value is -3.04. The Morgan fingerprint density at radius 3 is 2.62 bits per heavy atom. The number of rotatable bonds is 5. The number of halogens is 1. The first-order chi connectivity index (χ1) is 13.8. The van der Waals surface area contributed by atoms with Crippen molar-refractivity contribution in [3.63, 3.8) is 0 Å². The average Bonchev–Trinajstić information content (AvgIpc) is 3.35. The van der Waals surface area contributed by atoms with Crippen LogP contribution in [0.4, 0.5) is 9.52 Å². The molecule has 4 rings (SSSR count). The molecule has 4 aromatic rings. The van der Waals surface area contributed by atoms with Crippen LogP contribution in [0.3, 0.4) is 0 Å². The molecule has 0 radical (unpaired) electrons. The lowest BCUT2D eigenvalue weighted by Gasteiger charge is -2.20. The summed E-state index contributed by atoms with van der Waals surface area (Å²) in [6, 6.07) is 13.9. The number of para-hydroxylation sites is 1. The summed E-state index contributed by atoms with van der Waals surface area (Å²) in [5.74, 6) is -0.580. The molecule has 0 aliphatic rings. The minimum atomic E-state index is -3.64. The number of carbonyl (C=O) groups is 1. The quantitative estimate of drug-likeness (QED) is 0.472. The van der Waals surface area contributed by atoms with Crippen LogP contribution < -0.4 is 4.90 Å². The van der Waals surface area contributed by atoms with Crippen LogP contribution in [0.25, 0.3) is 10.2 Å². The molecular formula is C20H15FN2O4S2. The van der Waals surface area contributed by atoms with Crippen LogP contribution in [0.15, 0.2) is 70.2 Å². The zero-order valence-corrected chi connectivity index (χ0v) is 16.8. The van der Waals surface area contributed by atoms with E-state index < -0.39 is 21.6 Å². The Morgan fingerprint density at radius 1 is 1.14 bits per heavy atom. The fraction of sp³-hybridized carbons (Fsp3) is 0.100. The number of nitrogens with zero attached hydrogens (tertiary/aromatic N) is 2. The first kappa shape index (κ1) is 19.3. The highest BCUT2D eigenvalue weighted by Gasteiger charge is 2.27. The maximum Gasteiger partial charge on any atom is 0.261 e. The van der Waals surface area contributed by atoms with Gasteiger partial charge in [-0.1, -0.05) is 29.5 Å². The van der Waals surface area contributed by atoms with Gasteiger partial charge < -0.3 is 4.42 Å².